The van der Waals surface area contributed by atoms with Crippen molar-refractivity contribution >= 4 is 22.3 Å². The van der Waals surface area contributed by atoms with E-state index in [2.05, 4.69) is 47.2 Å². The van der Waals surface area contributed by atoms with E-state index in [1.807, 2.05) is 24.7 Å². The summed E-state index contributed by atoms with van der Waals surface area (Å²) < 4.78 is 0. The molecule has 1 aliphatic heterocycles. The predicted octanol–water partition coefficient (Wildman–Crippen LogP) is 3.37. The lowest BCUT2D eigenvalue weighted by Crippen LogP contribution is -2.25. The first-order valence-electron chi connectivity index (χ1n) is 6.64. The minimum absolute atomic E-state index is 0.134. The number of fused-ring (bicyclic) bond motifs is 3. The molecule has 98 valence electrons. The van der Waals surface area contributed by atoms with Gasteiger partial charge in [-0.1, -0.05) is 32.0 Å². The molecule has 2 aromatic heterocycles. The van der Waals surface area contributed by atoms with Crippen molar-refractivity contribution in [3.05, 3.63) is 54.0 Å². The summed E-state index contributed by atoms with van der Waals surface area (Å²) in [6.45, 7) is 4.39. The number of benzene rings is 1. The van der Waals surface area contributed by atoms with Gasteiger partial charge in [0, 0.05) is 28.8 Å². The van der Waals surface area contributed by atoms with Crippen LogP contribution in [0, 0.1) is 0 Å². The van der Waals surface area contributed by atoms with E-state index in [-0.39, 0.29) is 5.41 Å². The minimum Gasteiger partial charge on any atom is -0.285 e. The molecule has 0 fully saturated rings. The Kier molecular flexibility index (Phi) is 2.13. The van der Waals surface area contributed by atoms with Crippen LogP contribution in [-0.4, -0.2) is 20.9 Å². The molecule has 0 unspecified atom stereocenters. The van der Waals surface area contributed by atoms with Gasteiger partial charge in [0.25, 0.3) is 0 Å². The monoisotopic (exact) mass is 262 g/mol. The molecule has 0 radical (unpaired) electrons. The maximum Gasteiger partial charge on any atom is 0.0961 e. The molecule has 0 saturated heterocycles. The average molecular weight is 262 g/mol. The van der Waals surface area contributed by atoms with E-state index in [9.17, 15) is 0 Å². The van der Waals surface area contributed by atoms with E-state index in [0.717, 1.165) is 27.9 Å². The fraction of sp³-hybridized carbons (Fsp3) is 0.188. The van der Waals surface area contributed by atoms with E-state index in [4.69, 9.17) is 4.99 Å². The standard InChI is InChI=1S/C16H14N4/c1-16(2)12-6-5-10-4-3-7-17-13(10)14(12)20-15(16)11-8-18-19-9-11/h3-9H,1-2H3,(H,18,19). The first kappa shape index (κ1) is 11.3. The van der Waals surface area contributed by atoms with Gasteiger partial charge in [0.1, 0.15) is 0 Å². The Balaban J connectivity index is 2.04. The first-order chi connectivity index (χ1) is 9.68. The number of nitrogens with zero attached hydrogens (tertiary/aromatic N) is 3. The van der Waals surface area contributed by atoms with Gasteiger partial charge in [-0.25, -0.2) is 4.99 Å². The third-order valence-corrected chi connectivity index (χ3v) is 4.01. The maximum atomic E-state index is 4.87. The number of aromatic amines is 1. The number of hydrogen-bond donors (Lipinski definition) is 1. The fourth-order valence-corrected chi connectivity index (χ4v) is 2.93. The molecule has 3 heterocycles. The number of aromatic nitrogens is 3. The van der Waals surface area contributed by atoms with Crippen LogP contribution in [0.15, 0.2) is 47.8 Å². The van der Waals surface area contributed by atoms with Gasteiger partial charge < -0.3 is 0 Å². The Labute approximate surface area is 116 Å². The number of nitrogens with one attached hydrogen (secondary N) is 1. The van der Waals surface area contributed by atoms with Crippen LogP contribution in [0.5, 0.6) is 0 Å². The van der Waals surface area contributed by atoms with E-state index in [1.54, 1.807) is 0 Å². The average Bonchev–Trinajstić information content (AvgIpc) is 3.05. The van der Waals surface area contributed by atoms with Crippen LogP contribution in [0.25, 0.3) is 10.9 Å². The molecule has 0 aliphatic carbocycles. The van der Waals surface area contributed by atoms with E-state index < -0.39 is 0 Å². The zero-order chi connectivity index (χ0) is 13.7. The van der Waals surface area contributed by atoms with Crippen molar-refractivity contribution in [2.24, 2.45) is 4.99 Å². The molecule has 0 amide bonds. The van der Waals surface area contributed by atoms with Crippen LogP contribution in [0.3, 0.4) is 0 Å². The molecule has 20 heavy (non-hydrogen) atoms. The van der Waals surface area contributed by atoms with E-state index >= 15 is 0 Å². The molecule has 4 nitrogen and oxygen atoms in total. The Bertz CT molecular complexity index is 829. The summed E-state index contributed by atoms with van der Waals surface area (Å²) in [5, 5.41) is 8.02. The highest BCUT2D eigenvalue weighted by Gasteiger charge is 2.37. The molecule has 0 atom stereocenters. The number of pyridine rings is 1. The van der Waals surface area contributed by atoms with Crippen molar-refractivity contribution in [3.8, 4) is 0 Å². The maximum absolute atomic E-state index is 4.87. The number of aliphatic imine (C=N–C) groups is 1. The van der Waals surface area contributed by atoms with Gasteiger partial charge in [0.15, 0.2) is 0 Å². The summed E-state index contributed by atoms with van der Waals surface area (Å²) in [5.41, 5.74) is 5.13. The lowest BCUT2D eigenvalue weighted by Gasteiger charge is -2.21. The van der Waals surface area contributed by atoms with Crippen LogP contribution in [0.2, 0.25) is 0 Å². The normalized spacial score (nSPS) is 16.2. The van der Waals surface area contributed by atoms with Crippen LogP contribution in [0.1, 0.15) is 25.0 Å². The van der Waals surface area contributed by atoms with Gasteiger partial charge in [-0.15, -0.1) is 0 Å². The largest absolute Gasteiger partial charge is 0.285 e. The number of H-pyrrole nitrogens is 1. The summed E-state index contributed by atoms with van der Waals surface area (Å²) in [6, 6.07) is 8.31. The third kappa shape index (κ3) is 1.39. The summed E-state index contributed by atoms with van der Waals surface area (Å²) in [5.74, 6) is 0. The molecule has 1 N–H and O–H groups in total. The van der Waals surface area contributed by atoms with Crippen molar-refractivity contribution in [1.29, 1.82) is 0 Å². The molecule has 1 aromatic carbocycles. The number of rotatable bonds is 1. The number of hydrogen-bond acceptors (Lipinski definition) is 3. The Morgan fingerprint density at radius 1 is 1.15 bits per heavy atom. The minimum atomic E-state index is -0.134. The zero-order valence-corrected chi connectivity index (χ0v) is 11.4. The molecule has 4 rings (SSSR count). The highest BCUT2D eigenvalue weighted by atomic mass is 15.1. The highest BCUT2D eigenvalue weighted by Crippen LogP contribution is 2.44. The summed E-state index contributed by atoms with van der Waals surface area (Å²) in [6.07, 6.45) is 5.53. The first-order valence-corrected chi connectivity index (χ1v) is 6.64. The summed E-state index contributed by atoms with van der Waals surface area (Å²) in [7, 11) is 0. The Morgan fingerprint density at radius 2 is 2.05 bits per heavy atom. The SMILES string of the molecule is CC1(C)C(c2cn[nH]c2)=Nc2c1ccc1cccnc21. The van der Waals surface area contributed by atoms with Crippen molar-refractivity contribution in [1.82, 2.24) is 15.2 Å². The van der Waals surface area contributed by atoms with Crippen molar-refractivity contribution in [2.75, 3.05) is 0 Å². The van der Waals surface area contributed by atoms with Crippen LogP contribution in [-0.2, 0) is 5.41 Å². The predicted molar refractivity (Wildman–Crippen MR) is 79.6 cm³/mol. The summed E-state index contributed by atoms with van der Waals surface area (Å²) >= 11 is 0. The molecule has 0 spiro atoms. The Hall–Kier alpha value is -2.49. The molecular weight excluding hydrogens is 248 g/mol. The van der Waals surface area contributed by atoms with Gasteiger partial charge in [-0.3, -0.25) is 10.1 Å². The lowest BCUT2D eigenvalue weighted by molar-refractivity contribution is 0.738. The zero-order valence-electron chi connectivity index (χ0n) is 11.4. The van der Waals surface area contributed by atoms with Gasteiger partial charge in [0.2, 0.25) is 0 Å². The van der Waals surface area contributed by atoms with Crippen molar-refractivity contribution < 1.29 is 0 Å². The topological polar surface area (TPSA) is 53.9 Å². The lowest BCUT2D eigenvalue weighted by atomic mass is 9.79. The quantitative estimate of drug-likeness (QED) is 0.731. The molecule has 0 saturated carbocycles. The van der Waals surface area contributed by atoms with Gasteiger partial charge >= 0.3 is 0 Å². The second-order valence-electron chi connectivity index (χ2n) is 5.61. The highest BCUT2D eigenvalue weighted by molar-refractivity contribution is 6.14. The van der Waals surface area contributed by atoms with Crippen molar-refractivity contribution in [2.45, 2.75) is 19.3 Å². The molecular formula is C16H14N4. The van der Waals surface area contributed by atoms with E-state index in [0.29, 0.717) is 0 Å². The van der Waals surface area contributed by atoms with Crippen molar-refractivity contribution in [3.63, 3.8) is 0 Å². The van der Waals surface area contributed by atoms with Gasteiger partial charge in [-0.05, 0) is 11.6 Å². The van der Waals surface area contributed by atoms with Gasteiger partial charge in [0.05, 0.1) is 23.1 Å². The van der Waals surface area contributed by atoms with Crippen LogP contribution >= 0.6 is 0 Å². The Morgan fingerprint density at radius 3 is 2.85 bits per heavy atom. The third-order valence-electron chi connectivity index (χ3n) is 4.01. The van der Waals surface area contributed by atoms with E-state index in [1.165, 1.54) is 5.56 Å². The molecule has 4 heteroatoms. The second kappa shape index (κ2) is 3.76. The van der Waals surface area contributed by atoms with Gasteiger partial charge in [-0.2, -0.15) is 5.10 Å². The summed E-state index contributed by atoms with van der Waals surface area (Å²) in [4.78, 5) is 9.37. The van der Waals surface area contributed by atoms with Crippen LogP contribution in [0.4, 0.5) is 5.69 Å². The smallest absolute Gasteiger partial charge is 0.0961 e. The second-order valence-corrected chi connectivity index (χ2v) is 5.61. The fourth-order valence-electron chi connectivity index (χ4n) is 2.93. The molecule has 1 aliphatic rings. The molecule has 3 aromatic rings. The molecule has 0 bridgehead atoms. The van der Waals surface area contributed by atoms with Crippen LogP contribution < -0.4 is 0 Å².